The Hall–Kier alpha value is -1.81. The van der Waals surface area contributed by atoms with Gasteiger partial charge in [0, 0.05) is 30.4 Å². The molecule has 98 valence electrons. The van der Waals surface area contributed by atoms with Crippen molar-refractivity contribution in [2.75, 3.05) is 13.1 Å². The predicted octanol–water partition coefficient (Wildman–Crippen LogP) is 2.75. The van der Waals surface area contributed by atoms with Crippen molar-refractivity contribution in [3.63, 3.8) is 0 Å². The summed E-state index contributed by atoms with van der Waals surface area (Å²) in [5.74, 6) is 0.163. The van der Waals surface area contributed by atoms with Gasteiger partial charge in [0.2, 0.25) is 0 Å². The molecule has 0 aliphatic carbocycles. The number of piperidine rings is 1. The zero-order valence-electron chi connectivity index (χ0n) is 10.6. The van der Waals surface area contributed by atoms with E-state index in [1.165, 1.54) is 12.1 Å². The van der Waals surface area contributed by atoms with Crippen LogP contribution in [-0.4, -0.2) is 23.1 Å². The Morgan fingerprint density at radius 2 is 1.89 bits per heavy atom. The van der Waals surface area contributed by atoms with Crippen molar-refractivity contribution in [1.29, 1.82) is 0 Å². The maximum atomic E-state index is 13.0. The summed E-state index contributed by atoms with van der Waals surface area (Å²) in [5.41, 5.74) is 2.81. The lowest BCUT2D eigenvalue weighted by molar-refractivity contribution is 0.454. The Kier molecular flexibility index (Phi) is 3.51. The second kappa shape index (κ2) is 5.45. The third-order valence-electron chi connectivity index (χ3n) is 3.53. The topological polar surface area (TPSA) is 37.8 Å². The van der Waals surface area contributed by atoms with Gasteiger partial charge >= 0.3 is 0 Å². The average molecular weight is 257 g/mol. The number of hydrogen-bond donors (Lipinski definition) is 1. The van der Waals surface area contributed by atoms with Crippen molar-refractivity contribution in [2.45, 2.75) is 18.8 Å². The molecule has 3 rings (SSSR count). The molecule has 1 aromatic carbocycles. The van der Waals surface area contributed by atoms with Crippen LogP contribution in [0.15, 0.2) is 36.7 Å². The van der Waals surface area contributed by atoms with E-state index in [2.05, 4.69) is 15.3 Å². The number of hydrogen-bond acceptors (Lipinski definition) is 3. The molecule has 3 nitrogen and oxygen atoms in total. The van der Waals surface area contributed by atoms with E-state index >= 15 is 0 Å². The number of nitrogens with one attached hydrogen (secondary N) is 1. The summed E-state index contributed by atoms with van der Waals surface area (Å²) in [5, 5.41) is 3.39. The molecule has 1 aliphatic heterocycles. The molecule has 0 radical (unpaired) electrons. The average Bonchev–Trinajstić information content (AvgIpc) is 2.49. The van der Waals surface area contributed by atoms with Gasteiger partial charge in [0.1, 0.15) is 5.82 Å². The van der Waals surface area contributed by atoms with Gasteiger partial charge in [-0.2, -0.15) is 0 Å². The molecule has 1 atom stereocenters. The molecule has 0 spiro atoms. The van der Waals surface area contributed by atoms with Crippen LogP contribution in [0.4, 0.5) is 4.39 Å². The lowest BCUT2D eigenvalue weighted by Gasteiger charge is -2.23. The standard InChI is InChI=1S/C15H16FN3/c16-13-5-3-11(4-6-13)14-15(19-9-8-18-14)12-2-1-7-17-10-12/h3-6,8-9,12,17H,1-2,7,10H2/t12-/m1/s1. The van der Waals surface area contributed by atoms with Gasteiger partial charge in [0.05, 0.1) is 11.4 Å². The van der Waals surface area contributed by atoms with Crippen LogP contribution in [0, 0.1) is 5.82 Å². The molecule has 0 saturated carbocycles. The number of benzene rings is 1. The van der Waals surface area contributed by atoms with Crippen LogP contribution in [-0.2, 0) is 0 Å². The lowest BCUT2D eigenvalue weighted by Crippen LogP contribution is -2.29. The SMILES string of the molecule is Fc1ccc(-c2nccnc2[C@@H]2CCCNC2)cc1. The summed E-state index contributed by atoms with van der Waals surface area (Å²) < 4.78 is 13.0. The Bertz CT molecular complexity index is 548. The molecule has 0 unspecified atom stereocenters. The second-order valence-electron chi connectivity index (χ2n) is 4.84. The Morgan fingerprint density at radius 1 is 1.11 bits per heavy atom. The Morgan fingerprint density at radius 3 is 2.63 bits per heavy atom. The van der Waals surface area contributed by atoms with E-state index in [-0.39, 0.29) is 5.82 Å². The molecule has 1 aliphatic rings. The van der Waals surface area contributed by atoms with Crippen molar-refractivity contribution in [1.82, 2.24) is 15.3 Å². The lowest BCUT2D eigenvalue weighted by atomic mass is 9.92. The second-order valence-corrected chi connectivity index (χ2v) is 4.84. The minimum Gasteiger partial charge on any atom is -0.316 e. The maximum absolute atomic E-state index is 13.0. The fourth-order valence-electron chi connectivity index (χ4n) is 2.56. The summed E-state index contributed by atoms with van der Waals surface area (Å²) in [7, 11) is 0. The highest BCUT2D eigenvalue weighted by atomic mass is 19.1. The molecule has 19 heavy (non-hydrogen) atoms. The van der Waals surface area contributed by atoms with Crippen LogP contribution in [0.5, 0.6) is 0 Å². The van der Waals surface area contributed by atoms with Crippen LogP contribution >= 0.6 is 0 Å². The van der Waals surface area contributed by atoms with Gasteiger partial charge in [-0.15, -0.1) is 0 Å². The first-order valence-electron chi connectivity index (χ1n) is 6.62. The molecule has 0 bridgehead atoms. The van der Waals surface area contributed by atoms with Crippen LogP contribution < -0.4 is 5.32 Å². The van der Waals surface area contributed by atoms with E-state index in [9.17, 15) is 4.39 Å². The van der Waals surface area contributed by atoms with E-state index in [0.29, 0.717) is 5.92 Å². The van der Waals surface area contributed by atoms with Crippen molar-refractivity contribution in [3.05, 3.63) is 48.2 Å². The van der Waals surface area contributed by atoms with Gasteiger partial charge in [0.15, 0.2) is 0 Å². The monoisotopic (exact) mass is 257 g/mol. The van der Waals surface area contributed by atoms with Gasteiger partial charge in [-0.25, -0.2) is 4.39 Å². The quantitative estimate of drug-likeness (QED) is 0.899. The highest BCUT2D eigenvalue weighted by molar-refractivity contribution is 5.62. The minimum absolute atomic E-state index is 0.228. The number of aromatic nitrogens is 2. The van der Waals surface area contributed by atoms with Crippen LogP contribution in [0.1, 0.15) is 24.5 Å². The molecule has 1 saturated heterocycles. The Balaban J connectivity index is 1.98. The summed E-state index contributed by atoms with van der Waals surface area (Å²) >= 11 is 0. The zero-order valence-corrected chi connectivity index (χ0v) is 10.6. The highest BCUT2D eigenvalue weighted by Gasteiger charge is 2.20. The maximum Gasteiger partial charge on any atom is 0.123 e. The molecule has 4 heteroatoms. The molecule has 1 aromatic heterocycles. The first kappa shape index (κ1) is 12.2. The first-order valence-corrected chi connectivity index (χ1v) is 6.62. The number of rotatable bonds is 2. The molecule has 2 heterocycles. The van der Waals surface area contributed by atoms with E-state index in [0.717, 1.165) is 42.9 Å². The highest BCUT2D eigenvalue weighted by Crippen LogP contribution is 2.29. The van der Waals surface area contributed by atoms with Gasteiger partial charge in [0.25, 0.3) is 0 Å². The molecular weight excluding hydrogens is 241 g/mol. The van der Waals surface area contributed by atoms with Crippen molar-refractivity contribution in [2.24, 2.45) is 0 Å². The third kappa shape index (κ3) is 2.63. The normalized spacial score (nSPS) is 19.3. The summed E-state index contributed by atoms with van der Waals surface area (Å²) in [6.45, 7) is 2.01. The van der Waals surface area contributed by atoms with E-state index in [1.54, 1.807) is 24.5 Å². The molecule has 1 fully saturated rings. The summed E-state index contributed by atoms with van der Waals surface area (Å²) in [6, 6.07) is 6.46. The number of halogens is 1. The van der Waals surface area contributed by atoms with E-state index < -0.39 is 0 Å². The van der Waals surface area contributed by atoms with Gasteiger partial charge < -0.3 is 5.32 Å². The largest absolute Gasteiger partial charge is 0.316 e. The first-order chi connectivity index (χ1) is 9.34. The predicted molar refractivity (Wildman–Crippen MR) is 72.3 cm³/mol. The van der Waals surface area contributed by atoms with E-state index in [4.69, 9.17) is 0 Å². The summed E-state index contributed by atoms with van der Waals surface area (Å²) in [6.07, 6.45) is 5.71. The van der Waals surface area contributed by atoms with Crippen molar-refractivity contribution < 1.29 is 4.39 Å². The van der Waals surface area contributed by atoms with Crippen LogP contribution in [0.25, 0.3) is 11.3 Å². The molecular formula is C15H16FN3. The molecule has 0 amide bonds. The molecule has 1 N–H and O–H groups in total. The zero-order chi connectivity index (χ0) is 13.1. The fourth-order valence-corrected chi connectivity index (χ4v) is 2.56. The third-order valence-corrected chi connectivity index (χ3v) is 3.53. The number of nitrogens with zero attached hydrogens (tertiary/aromatic N) is 2. The van der Waals surface area contributed by atoms with Crippen molar-refractivity contribution in [3.8, 4) is 11.3 Å². The van der Waals surface area contributed by atoms with Crippen LogP contribution in [0.3, 0.4) is 0 Å². The summed E-state index contributed by atoms with van der Waals surface area (Å²) in [4.78, 5) is 8.95. The van der Waals surface area contributed by atoms with Gasteiger partial charge in [-0.05, 0) is 43.7 Å². The Labute approximate surface area is 111 Å². The van der Waals surface area contributed by atoms with Crippen LogP contribution in [0.2, 0.25) is 0 Å². The van der Waals surface area contributed by atoms with Gasteiger partial charge in [-0.1, -0.05) is 0 Å². The smallest absolute Gasteiger partial charge is 0.123 e. The van der Waals surface area contributed by atoms with Crippen molar-refractivity contribution >= 4 is 0 Å². The van der Waals surface area contributed by atoms with Gasteiger partial charge in [-0.3, -0.25) is 9.97 Å². The fraction of sp³-hybridized carbons (Fsp3) is 0.333. The van der Waals surface area contributed by atoms with E-state index in [1.807, 2.05) is 0 Å². The minimum atomic E-state index is -0.228. The molecule has 2 aromatic rings.